The van der Waals surface area contributed by atoms with E-state index in [4.69, 9.17) is 0 Å². The van der Waals surface area contributed by atoms with E-state index in [1.807, 2.05) is 44.3 Å². The van der Waals surface area contributed by atoms with Crippen LogP contribution in [0.25, 0.3) is 0 Å². The summed E-state index contributed by atoms with van der Waals surface area (Å²) in [6, 6.07) is 14.1. The normalized spacial score (nSPS) is 13.3. The van der Waals surface area contributed by atoms with Gasteiger partial charge in [-0.2, -0.15) is 0 Å². The minimum absolute atomic E-state index is 0.0241. The summed E-state index contributed by atoms with van der Waals surface area (Å²) in [7, 11) is 0. The molecular formula is C21H23NO. The minimum atomic E-state index is 0.0241. The van der Waals surface area contributed by atoms with Crippen LogP contribution in [0.5, 0.6) is 0 Å². The summed E-state index contributed by atoms with van der Waals surface area (Å²) in [6.07, 6.45) is 4.75. The van der Waals surface area contributed by atoms with Gasteiger partial charge in [0.15, 0.2) is 0 Å². The van der Waals surface area contributed by atoms with Crippen molar-refractivity contribution < 1.29 is 4.79 Å². The molecule has 0 bridgehead atoms. The lowest BCUT2D eigenvalue weighted by Gasteiger charge is -2.22. The number of carbonyl (C=O) groups excluding carboxylic acids is 1. The zero-order valence-electron chi connectivity index (χ0n) is 14.2. The van der Waals surface area contributed by atoms with Crippen LogP contribution in [0.15, 0.2) is 59.2 Å². The summed E-state index contributed by atoms with van der Waals surface area (Å²) >= 11 is 0. The van der Waals surface area contributed by atoms with Crippen LogP contribution in [-0.4, -0.2) is 12.5 Å². The lowest BCUT2D eigenvalue weighted by molar-refractivity contribution is 0.112. The van der Waals surface area contributed by atoms with Gasteiger partial charge in [0.1, 0.15) is 6.29 Å². The summed E-state index contributed by atoms with van der Waals surface area (Å²) in [5.41, 5.74) is 6.52. The van der Waals surface area contributed by atoms with E-state index in [9.17, 15) is 4.79 Å². The number of hydrogen-bond donors (Lipinski definition) is 0. The van der Waals surface area contributed by atoms with Gasteiger partial charge < -0.3 is 0 Å². The number of aliphatic imine (C=N–C) groups is 1. The second kappa shape index (κ2) is 7.68. The molecule has 0 spiro atoms. The topological polar surface area (TPSA) is 29.4 Å². The van der Waals surface area contributed by atoms with Gasteiger partial charge in [0.2, 0.25) is 0 Å². The van der Waals surface area contributed by atoms with Gasteiger partial charge >= 0.3 is 0 Å². The molecule has 0 N–H and O–H groups in total. The van der Waals surface area contributed by atoms with Crippen molar-refractivity contribution in [2.75, 3.05) is 0 Å². The number of benzene rings is 2. The molecule has 0 saturated carbocycles. The number of nitrogens with zero attached hydrogens (tertiary/aromatic N) is 1. The molecule has 2 aromatic rings. The largest absolute Gasteiger partial charge is 0.298 e. The van der Waals surface area contributed by atoms with Gasteiger partial charge in [-0.15, -0.1) is 0 Å². The average molecular weight is 305 g/mol. The van der Waals surface area contributed by atoms with Crippen molar-refractivity contribution >= 4 is 12.5 Å². The Bertz CT molecular complexity index is 756. The van der Waals surface area contributed by atoms with Gasteiger partial charge in [0.25, 0.3) is 0 Å². The lowest BCUT2D eigenvalue weighted by Crippen LogP contribution is -2.07. The van der Waals surface area contributed by atoms with Gasteiger partial charge in [-0.1, -0.05) is 42.5 Å². The Labute approximate surface area is 138 Å². The molecule has 2 heteroatoms. The first-order valence-electron chi connectivity index (χ1n) is 7.88. The second-order valence-corrected chi connectivity index (χ2v) is 5.61. The number of aldehydes is 1. The number of rotatable bonds is 5. The van der Waals surface area contributed by atoms with Crippen LogP contribution in [0.2, 0.25) is 0 Å². The Morgan fingerprint density at radius 2 is 1.83 bits per heavy atom. The number of allylic oxidation sites excluding steroid dienone is 2. The molecule has 0 aliphatic heterocycles. The first-order valence-corrected chi connectivity index (χ1v) is 7.88. The maximum Gasteiger partial charge on any atom is 0.150 e. The predicted octanol–water partition coefficient (Wildman–Crippen LogP) is 5.24. The van der Waals surface area contributed by atoms with Gasteiger partial charge in [0, 0.05) is 17.5 Å². The van der Waals surface area contributed by atoms with Crippen LogP contribution < -0.4 is 0 Å². The highest BCUT2D eigenvalue weighted by Gasteiger charge is 2.21. The van der Waals surface area contributed by atoms with Crippen molar-refractivity contribution in [2.45, 2.75) is 33.6 Å². The van der Waals surface area contributed by atoms with Gasteiger partial charge in [0.05, 0.1) is 5.92 Å². The quantitative estimate of drug-likeness (QED) is 0.548. The smallest absolute Gasteiger partial charge is 0.150 e. The predicted molar refractivity (Wildman–Crippen MR) is 97.5 cm³/mol. The molecule has 0 heterocycles. The van der Waals surface area contributed by atoms with Crippen LogP contribution in [-0.2, 0) is 0 Å². The maximum absolute atomic E-state index is 11.2. The molecule has 0 saturated heterocycles. The molecule has 1 unspecified atom stereocenters. The minimum Gasteiger partial charge on any atom is -0.298 e. The third-order valence-corrected chi connectivity index (χ3v) is 4.21. The summed E-state index contributed by atoms with van der Waals surface area (Å²) < 4.78 is 0. The van der Waals surface area contributed by atoms with E-state index in [-0.39, 0.29) is 5.92 Å². The summed E-state index contributed by atoms with van der Waals surface area (Å²) in [5, 5.41) is 0. The van der Waals surface area contributed by atoms with Gasteiger partial charge in [-0.3, -0.25) is 9.79 Å². The number of aryl methyl sites for hydroxylation is 1. The molecule has 0 aliphatic rings. The van der Waals surface area contributed by atoms with Crippen molar-refractivity contribution in [3.05, 3.63) is 82.1 Å². The molecular weight excluding hydrogens is 282 g/mol. The van der Waals surface area contributed by atoms with Crippen LogP contribution in [0.1, 0.15) is 52.4 Å². The molecule has 118 valence electrons. The van der Waals surface area contributed by atoms with E-state index >= 15 is 0 Å². The summed E-state index contributed by atoms with van der Waals surface area (Å²) in [5.74, 6) is 0.0241. The molecule has 2 aromatic carbocycles. The van der Waals surface area contributed by atoms with E-state index < -0.39 is 0 Å². The van der Waals surface area contributed by atoms with Crippen molar-refractivity contribution in [3.63, 3.8) is 0 Å². The Hall–Kier alpha value is -2.48. The fraction of sp³-hybridized carbons (Fsp3) is 0.238. The standard InChI is InChI=1S/C21H23NO/c1-5-20(22-6-2)21(18-11-8-10-17(13-18)14-23)19-12-7-9-15(3)16(19)4/h5-14,21H,1-4H3/b20-5-,22-6?. The molecule has 0 radical (unpaired) electrons. The zero-order chi connectivity index (χ0) is 16.8. The van der Waals surface area contributed by atoms with Crippen molar-refractivity contribution in [3.8, 4) is 0 Å². The van der Waals surface area contributed by atoms with Crippen LogP contribution in [0, 0.1) is 13.8 Å². The second-order valence-electron chi connectivity index (χ2n) is 5.61. The Morgan fingerprint density at radius 1 is 1.09 bits per heavy atom. The highest BCUT2D eigenvalue weighted by molar-refractivity contribution is 5.75. The molecule has 0 aliphatic carbocycles. The summed E-state index contributed by atoms with van der Waals surface area (Å²) in [6.45, 7) is 8.19. The molecule has 23 heavy (non-hydrogen) atoms. The fourth-order valence-corrected chi connectivity index (χ4v) is 2.87. The van der Waals surface area contributed by atoms with E-state index in [0.29, 0.717) is 5.56 Å². The number of carbonyl (C=O) groups is 1. The van der Waals surface area contributed by atoms with Gasteiger partial charge in [-0.05, 0) is 56.0 Å². The van der Waals surface area contributed by atoms with Crippen LogP contribution >= 0.6 is 0 Å². The molecule has 2 rings (SSSR count). The zero-order valence-corrected chi connectivity index (χ0v) is 14.2. The van der Waals surface area contributed by atoms with Crippen LogP contribution in [0.3, 0.4) is 0 Å². The van der Waals surface area contributed by atoms with Crippen molar-refractivity contribution in [1.82, 2.24) is 0 Å². The van der Waals surface area contributed by atoms with E-state index in [2.05, 4.69) is 43.1 Å². The highest BCUT2D eigenvalue weighted by atomic mass is 16.1. The molecule has 0 fully saturated rings. The van der Waals surface area contributed by atoms with E-state index in [0.717, 1.165) is 17.5 Å². The summed E-state index contributed by atoms with van der Waals surface area (Å²) in [4.78, 5) is 15.7. The van der Waals surface area contributed by atoms with Crippen LogP contribution in [0.4, 0.5) is 0 Å². The lowest BCUT2D eigenvalue weighted by atomic mass is 9.84. The first-order chi connectivity index (χ1) is 11.1. The Kier molecular flexibility index (Phi) is 5.64. The van der Waals surface area contributed by atoms with Crippen molar-refractivity contribution in [2.24, 2.45) is 4.99 Å². The third-order valence-electron chi connectivity index (χ3n) is 4.21. The average Bonchev–Trinajstić information content (AvgIpc) is 2.58. The van der Waals surface area contributed by atoms with E-state index in [1.165, 1.54) is 16.7 Å². The van der Waals surface area contributed by atoms with Crippen molar-refractivity contribution in [1.29, 1.82) is 0 Å². The van der Waals surface area contributed by atoms with Gasteiger partial charge in [-0.25, -0.2) is 0 Å². The first kappa shape index (κ1) is 16.9. The third kappa shape index (κ3) is 3.65. The molecule has 1 atom stereocenters. The highest BCUT2D eigenvalue weighted by Crippen LogP contribution is 2.35. The monoisotopic (exact) mass is 305 g/mol. The molecule has 0 amide bonds. The molecule has 0 aromatic heterocycles. The Balaban J connectivity index is 2.69. The Morgan fingerprint density at radius 3 is 2.48 bits per heavy atom. The number of hydrogen-bond acceptors (Lipinski definition) is 2. The van der Waals surface area contributed by atoms with E-state index in [1.54, 1.807) is 0 Å². The molecule has 2 nitrogen and oxygen atoms in total. The fourth-order valence-electron chi connectivity index (χ4n) is 2.87. The SMILES string of the molecule is CC=N/C(=C\C)C(c1cccc(C=O)c1)c1cccc(C)c1C. The maximum atomic E-state index is 11.2.